The van der Waals surface area contributed by atoms with Crippen molar-refractivity contribution in [2.24, 2.45) is 0 Å². The highest BCUT2D eigenvalue weighted by Gasteiger charge is 2.32. The van der Waals surface area contributed by atoms with Gasteiger partial charge in [-0.1, -0.05) is 30.3 Å². The van der Waals surface area contributed by atoms with E-state index in [1.54, 1.807) is 0 Å². The summed E-state index contributed by atoms with van der Waals surface area (Å²) >= 11 is 0. The van der Waals surface area contributed by atoms with Crippen molar-refractivity contribution in [1.29, 1.82) is 0 Å². The van der Waals surface area contributed by atoms with E-state index in [-0.39, 0.29) is 12.7 Å². The average Bonchev–Trinajstić information content (AvgIpc) is 2.71. The van der Waals surface area contributed by atoms with E-state index >= 15 is 0 Å². The zero-order valence-electron chi connectivity index (χ0n) is 15.8. The van der Waals surface area contributed by atoms with Crippen LogP contribution in [0.1, 0.15) is 16.7 Å². The molecule has 0 aliphatic carbocycles. The van der Waals surface area contributed by atoms with Crippen LogP contribution in [0, 0.1) is 6.92 Å². The number of hydrogen-bond acceptors (Lipinski definition) is 6. The Labute approximate surface area is 162 Å². The zero-order chi connectivity index (χ0) is 19.7. The Morgan fingerprint density at radius 1 is 1.21 bits per heavy atom. The molecule has 6 nitrogen and oxygen atoms in total. The van der Waals surface area contributed by atoms with Crippen molar-refractivity contribution in [3.8, 4) is 5.75 Å². The lowest BCUT2D eigenvalue weighted by Crippen LogP contribution is -2.46. The lowest BCUT2D eigenvalue weighted by Gasteiger charge is -2.34. The minimum Gasteiger partial charge on any atom is -0.478 e. The van der Waals surface area contributed by atoms with Crippen LogP contribution in [0.4, 0.5) is 0 Å². The van der Waals surface area contributed by atoms with Crippen molar-refractivity contribution >= 4 is 16.9 Å². The Morgan fingerprint density at radius 2 is 2.00 bits per heavy atom. The topological polar surface area (TPSA) is 69.0 Å². The maximum atomic E-state index is 12.5. The summed E-state index contributed by atoms with van der Waals surface area (Å²) < 4.78 is 16.4. The van der Waals surface area contributed by atoms with Crippen LogP contribution in [-0.4, -0.2) is 30.8 Å². The van der Waals surface area contributed by atoms with Gasteiger partial charge in [0.1, 0.15) is 24.1 Å². The molecule has 0 amide bonds. The number of benzene rings is 2. The second-order valence-corrected chi connectivity index (χ2v) is 6.92. The molecule has 0 N–H and O–H groups in total. The molecule has 1 atom stereocenters. The number of aryl methyl sites for hydroxylation is 1. The first-order valence-electron chi connectivity index (χ1n) is 9.12. The number of hydrogen-bond donors (Lipinski definition) is 0. The minimum absolute atomic E-state index is 0.251. The first-order chi connectivity index (χ1) is 13.6. The molecule has 3 aromatic rings. The van der Waals surface area contributed by atoms with Gasteiger partial charge >= 0.3 is 11.6 Å². The number of methoxy groups -OCH3 is 1. The molecule has 2 heterocycles. The van der Waals surface area contributed by atoms with Gasteiger partial charge in [-0.05, 0) is 36.6 Å². The van der Waals surface area contributed by atoms with Crippen molar-refractivity contribution in [1.82, 2.24) is 4.90 Å². The van der Waals surface area contributed by atoms with E-state index in [9.17, 15) is 9.59 Å². The lowest BCUT2D eigenvalue weighted by molar-refractivity contribution is -0.149. The summed E-state index contributed by atoms with van der Waals surface area (Å²) in [5.41, 5.74) is 2.76. The number of carbonyl (C=O) groups excluding carboxylic acids is 1. The van der Waals surface area contributed by atoms with Gasteiger partial charge in [0, 0.05) is 18.0 Å². The summed E-state index contributed by atoms with van der Waals surface area (Å²) in [6.07, 6.45) is 0.500. The van der Waals surface area contributed by atoms with E-state index in [0.717, 1.165) is 22.1 Å². The lowest BCUT2D eigenvalue weighted by atomic mass is 10.0. The van der Waals surface area contributed by atoms with Gasteiger partial charge in [-0.2, -0.15) is 0 Å². The van der Waals surface area contributed by atoms with Crippen molar-refractivity contribution in [3.05, 3.63) is 75.6 Å². The molecule has 4 rings (SSSR count). The van der Waals surface area contributed by atoms with Gasteiger partial charge < -0.3 is 13.9 Å². The van der Waals surface area contributed by atoms with Crippen LogP contribution in [0.5, 0.6) is 5.75 Å². The monoisotopic (exact) mass is 379 g/mol. The first kappa shape index (κ1) is 18.3. The van der Waals surface area contributed by atoms with Crippen LogP contribution >= 0.6 is 0 Å². The fourth-order valence-electron chi connectivity index (χ4n) is 3.64. The molecule has 1 aliphatic rings. The molecule has 0 saturated carbocycles. The van der Waals surface area contributed by atoms with Gasteiger partial charge in [0.25, 0.3) is 0 Å². The van der Waals surface area contributed by atoms with Crippen molar-refractivity contribution in [2.75, 3.05) is 13.8 Å². The highest BCUT2D eigenvalue weighted by atomic mass is 16.5. The summed E-state index contributed by atoms with van der Waals surface area (Å²) in [4.78, 5) is 26.3. The molecule has 0 fully saturated rings. The Hall–Kier alpha value is -3.12. The normalized spacial score (nSPS) is 14.9. The highest BCUT2D eigenvalue weighted by molar-refractivity contribution is 5.85. The molecule has 28 heavy (non-hydrogen) atoms. The second-order valence-electron chi connectivity index (χ2n) is 6.92. The Kier molecular flexibility index (Phi) is 4.88. The third-order valence-electron chi connectivity index (χ3n) is 5.11. The van der Waals surface area contributed by atoms with Crippen LogP contribution in [0.25, 0.3) is 11.0 Å². The smallest absolute Gasteiger partial charge is 0.336 e. The van der Waals surface area contributed by atoms with E-state index in [0.29, 0.717) is 24.3 Å². The molecule has 0 unspecified atom stereocenters. The predicted molar refractivity (Wildman–Crippen MR) is 104 cm³/mol. The Morgan fingerprint density at radius 3 is 2.75 bits per heavy atom. The number of rotatable bonds is 4. The molecule has 0 bridgehead atoms. The summed E-state index contributed by atoms with van der Waals surface area (Å²) in [6.45, 7) is 2.55. The van der Waals surface area contributed by atoms with Gasteiger partial charge in [0.2, 0.25) is 0 Å². The SMILES string of the molecule is COC(=O)[C@H](Cc1ccccc1)N1COc2ccc3c(C)cc(=O)oc3c2C1. The van der Waals surface area contributed by atoms with Gasteiger partial charge in [-0.25, -0.2) is 4.79 Å². The van der Waals surface area contributed by atoms with Gasteiger partial charge in [0.15, 0.2) is 0 Å². The predicted octanol–water partition coefficient (Wildman–Crippen LogP) is 3.04. The fraction of sp³-hybridized carbons (Fsp3) is 0.273. The molecular weight excluding hydrogens is 358 g/mol. The number of esters is 1. The highest BCUT2D eigenvalue weighted by Crippen LogP contribution is 2.33. The van der Waals surface area contributed by atoms with Crippen LogP contribution in [0.15, 0.2) is 57.7 Å². The van der Waals surface area contributed by atoms with E-state index < -0.39 is 11.7 Å². The minimum atomic E-state index is -0.507. The first-order valence-corrected chi connectivity index (χ1v) is 9.12. The number of fused-ring (bicyclic) bond motifs is 3. The molecule has 144 valence electrons. The summed E-state index contributed by atoms with van der Waals surface area (Å²) in [7, 11) is 1.39. The molecule has 0 spiro atoms. The second kappa shape index (κ2) is 7.48. The molecule has 1 aliphatic heterocycles. The van der Waals surface area contributed by atoms with E-state index in [1.807, 2.05) is 54.3 Å². The fourth-order valence-corrected chi connectivity index (χ4v) is 3.64. The molecule has 0 saturated heterocycles. The number of ether oxygens (including phenoxy) is 2. The van der Waals surface area contributed by atoms with Crippen molar-refractivity contribution in [2.45, 2.75) is 25.9 Å². The maximum absolute atomic E-state index is 12.5. The van der Waals surface area contributed by atoms with Gasteiger partial charge in [-0.15, -0.1) is 0 Å². The third kappa shape index (κ3) is 3.39. The number of nitrogens with zero attached hydrogens (tertiary/aromatic N) is 1. The average molecular weight is 379 g/mol. The zero-order valence-corrected chi connectivity index (χ0v) is 15.8. The molecule has 0 radical (unpaired) electrons. The Balaban J connectivity index is 1.72. The third-order valence-corrected chi connectivity index (χ3v) is 5.11. The molecule has 2 aromatic carbocycles. The van der Waals surface area contributed by atoms with Crippen LogP contribution in [0.2, 0.25) is 0 Å². The van der Waals surface area contributed by atoms with Crippen molar-refractivity contribution < 1.29 is 18.7 Å². The van der Waals surface area contributed by atoms with Gasteiger partial charge in [-0.3, -0.25) is 9.69 Å². The van der Waals surface area contributed by atoms with Crippen LogP contribution in [0.3, 0.4) is 0 Å². The summed E-state index contributed by atoms with van der Waals surface area (Å²) in [5, 5.41) is 0.862. The van der Waals surface area contributed by atoms with E-state index in [1.165, 1.54) is 13.2 Å². The summed E-state index contributed by atoms with van der Waals surface area (Å²) in [6, 6.07) is 14.5. The molecular formula is C22H21NO5. The van der Waals surface area contributed by atoms with Crippen LogP contribution < -0.4 is 10.4 Å². The number of carbonyl (C=O) groups is 1. The summed E-state index contributed by atoms with van der Waals surface area (Å²) in [5.74, 6) is 0.342. The van der Waals surface area contributed by atoms with Crippen molar-refractivity contribution in [3.63, 3.8) is 0 Å². The van der Waals surface area contributed by atoms with Crippen LogP contribution in [-0.2, 0) is 22.5 Å². The van der Waals surface area contributed by atoms with E-state index in [4.69, 9.17) is 13.9 Å². The molecule has 1 aromatic heterocycles. The standard InChI is InChI=1S/C22H21NO5/c1-14-10-20(24)28-21-16(14)8-9-19-17(21)12-23(13-27-19)18(22(25)26-2)11-15-6-4-3-5-7-15/h3-10,18H,11-13H2,1-2H3/t18-/m0/s1. The quantitative estimate of drug-likeness (QED) is 0.513. The van der Waals surface area contributed by atoms with Gasteiger partial charge in [0.05, 0.1) is 12.7 Å². The van der Waals surface area contributed by atoms with E-state index in [2.05, 4.69) is 0 Å². The Bertz CT molecular complexity index is 1070. The molecule has 6 heteroatoms. The maximum Gasteiger partial charge on any atom is 0.336 e. The largest absolute Gasteiger partial charge is 0.478 e.